The van der Waals surface area contributed by atoms with Crippen LogP contribution >= 0.6 is 11.6 Å². The molecule has 0 aliphatic carbocycles. The highest BCUT2D eigenvalue weighted by Crippen LogP contribution is 2.32. The average Bonchev–Trinajstić information content (AvgIpc) is 3.26. The summed E-state index contributed by atoms with van der Waals surface area (Å²) < 4.78 is 2.00. The van der Waals surface area contributed by atoms with Crippen molar-refractivity contribution in [1.29, 1.82) is 0 Å². The summed E-state index contributed by atoms with van der Waals surface area (Å²) in [5.41, 5.74) is 21.6. The van der Waals surface area contributed by atoms with Gasteiger partial charge in [-0.2, -0.15) is 0 Å². The van der Waals surface area contributed by atoms with Crippen molar-refractivity contribution in [3.8, 4) is 11.3 Å². The highest BCUT2D eigenvalue weighted by Gasteiger charge is 2.14. The molecule has 0 atom stereocenters. The molecule has 0 radical (unpaired) electrons. The second-order valence-corrected chi connectivity index (χ2v) is 7.67. The predicted octanol–water partition coefficient (Wildman–Crippen LogP) is 6.18. The number of pyridine rings is 1. The number of anilines is 2. The van der Waals surface area contributed by atoms with Crippen LogP contribution < -0.4 is 22.7 Å². The first-order valence-electron chi connectivity index (χ1n) is 11.0. The molecule has 0 aliphatic heterocycles. The van der Waals surface area contributed by atoms with E-state index in [1.807, 2.05) is 73.8 Å². The number of aromatic nitrogens is 2. The van der Waals surface area contributed by atoms with Crippen molar-refractivity contribution in [2.45, 2.75) is 27.2 Å². The molecule has 178 valence electrons. The van der Waals surface area contributed by atoms with Gasteiger partial charge in [-0.05, 0) is 54.1 Å². The quantitative estimate of drug-likeness (QED) is 0.156. The van der Waals surface area contributed by atoms with E-state index in [0.29, 0.717) is 11.4 Å². The highest BCUT2D eigenvalue weighted by atomic mass is 35.5. The van der Waals surface area contributed by atoms with Gasteiger partial charge in [0.25, 0.3) is 0 Å². The Morgan fingerprint density at radius 2 is 1.79 bits per heavy atom. The third kappa shape index (κ3) is 5.98. The van der Waals surface area contributed by atoms with Crippen LogP contribution in [0, 0.1) is 6.92 Å². The van der Waals surface area contributed by atoms with E-state index in [-0.39, 0.29) is 0 Å². The van der Waals surface area contributed by atoms with Crippen LogP contribution in [0.5, 0.6) is 0 Å². The molecule has 0 spiro atoms. The monoisotopic (exact) mass is 476 g/mol. The van der Waals surface area contributed by atoms with Crippen LogP contribution in [0.3, 0.4) is 0 Å². The van der Waals surface area contributed by atoms with Crippen LogP contribution in [-0.4, -0.2) is 9.38 Å². The fraction of sp³-hybridized carbons (Fsp3) is 0.148. The summed E-state index contributed by atoms with van der Waals surface area (Å²) in [6.45, 7) is 13.0. The topological polar surface area (TPSA) is 107 Å². The van der Waals surface area contributed by atoms with Crippen molar-refractivity contribution in [3.05, 3.63) is 101 Å². The fourth-order valence-electron chi connectivity index (χ4n) is 3.47. The standard InChI is InChI=1S/C23H22ClN5.C2H5N.C2H6/c1-3-15-5-7-18(19(24)11-15)22-9-8-21(28-26)23-27-17(13-29(22)23)12-16-6-4-14(2)10-20(16)25;1-2-3;1-2/h3-11,13,28H,1,12,25-26H2,2H3;2H,1,3H2;1-2H3. The van der Waals surface area contributed by atoms with Crippen molar-refractivity contribution in [3.63, 3.8) is 0 Å². The minimum atomic E-state index is 0.625. The van der Waals surface area contributed by atoms with Gasteiger partial charge in [-0.25, -0.2) is 4.98 Å². The maximum atomic E-state index is 6.55. The van der Waals surface area contributed by atoms with Crippen LogP contribution in [0.25, 0.3) is 23.0 Å². The van der Waals surface area contributed by atoms with E-state index in [4.69, 9.17) is 28.2 Å². The smallest absolute Gasteiger partial charge is 0.162 e. The molecule has 0 bridgehead atoms. The molecule has 0 amide bonds. The number of nitrogen functional groups attached to an aromatic ring is 2. The summed E-state index contributed by atoms with van der Waals surface area (Å²) in [6, 6.07) is 15.8. The van der Waals surface area contributed by atoms with Crippen molar-refractivity contribution in [1.82, 2.24) is 9.38 Å². The number of hydrazine groups is 1. The lowest BCUT2D eigenvalue weighted by molar-refractivity contribution is 1.11. The van der Waals surface area contributed by atoms with Crippen molar-refractivity contribution in [2.24, 2.45) is 11.6 Å². The Balaban J connectivity index is 0.000000758. The van der Waals surface area contributed by atoms with Gasteiger partial charge >= 0.3 is 0 Å². The van der Waals surface area contributed by atoms with Crippen molar-refractivity contribution >= 4 is 34.7 Å². The zero-order valence-corrected chi connectivity index (χ0v) is 20.7. The van der Waals surface area contributed by atoms with Crippen LogP contribution in [-0.2, 0) is 6.42 Å². The maximum Gasteiger partial charge on any atom is 0.162 e. The molecule has 0 aliphatic rings. The van der Waals surface area contributed by atoms with Gasteiger partial charge in [0.2, 0.25) is 0 Å². The normalized spacial score (nSPS) is 9.91. The van der Waals surface area contributed by atoms with Crippen LogP contribution in [0.1, 0.15) is 36.2 Å². The van der Waals surface area contributed by atoms with Crippen molar-refractivity contribution < 1.29 is 0 Å². The number of hydrogen-bond acceptors (Lipinski definition) is 5. The molecular formula is C27H33ClN6. The largest absolute Gasteiger partial charge is 0.405 e. The van der Waals surface area contributed by atoms with E-state index in [2.05, 4.69) is 30.4 Å². The molecule has 7 heteroatoms. The average molecular weight is 477 g/mol. The third-order valence-corrected chi connectivity index (χ3v) is 5.31. The van der Waals surface area contributed by atoms with E-state index in [1.165, 1.54) is 6.20 Å². The third-order valence-electron chi connectivity index (χ3n) is 5.00. The predicted molar refractivity (Wildman–Crippen MR) is 148 cm³/mol. The Labute approximate surface area is 206 Å². The van der Waals surface area contributed by atoms with Gasteiger partial charge in [0, 0.05) is 23.9 Å². The Hall–Kier alpha value is -3.74. The van der Waals surface area contributed by atoms with Gasteiger partial charge in [0.1, 0.15) is 0 Å². The molecule has 6 nitrogen and oxygen atoms in total. The zero-order chi connectivity index (χ0) is 25.3. The number of rotatable bonds is 5. The van der Waals surface area contributed by atoms with E-state index in [9.17, 15) is 0 Å². The number of nitrogens with one attached hydrogen (secondary N) is 1. The number of imidazole rings is 1. The summed E-state index contributed by atoms with van der Waals surface area (Å²) >= 11 is 6.55. The number of fused-ring (bicyclic) bond motifs is 1. The highest BCUT2D eigenvalue weighted by molar-refractivity contribution is 6.33. The van der Waals surface area contributed by atoms with Crippen LogP contribution in [0.4, 0.5) is 11.4 Å². The lowest BCUT2D eigenvalue weighted by Gasteiger charge is -2.11. The molecule has 34 heavy (non-hydrogen) atoms. The molecule has 7 N–H and O–H groups in total. The van der Waals surface area contributed by atoms with Gasteiger partial charge in [0.05, 0.1) is 22.1 Å². The van der Waals surface area contributed by atoms with Gasteiger partial charge in [-0.3, -0.25) is 10.2 Å². The second-order valence-electron chi connectivity index (χ2n) is 7.26. The molecule has 0 saturated heterocycles. The lowest BCUT2D eigenvalue weighted by Crippen LogP contribution is -2.08. The Morgan fingerprint density at radius 3 is 2.38 bits per heavy atom. The number of benzene rings is 2. The van der Waals surface area contributed by atoms with Gasteiger partial charge in [-0.15, -0.1) is 0 Å². The summed E-state index contributed by atoms with van der Waals surface area (Å²) in [4.78, 5) is 4.80. The molecule has 2 heterocycles. The molecular weight excluding hydrogens is 444 g/mol. The first-order chi connectivity index (χ1) is 16.4. The molecule has 2 aromatic carbocycles. The number of nitrogens with zero attached hydrogens (tertiary/aromatic N) is 2. The zero-order valence-electron chi connectivity index (χ0n) is 20.0. The molecule has 0 saturated carbocycles. The summed E-state index contributed by atoms with van der Waals surface area (Å²) in [7, 11) is 0. The molecule has 4 aromatic rings. The SMILES string of the molecule is C=CN.C=Cc1ccc(-c2ccc(NN)c3nc(Cc4ccc(C)cc4N)cn23)c(Cl)c1.CC. The van der Waals surface area contributed by atoms with Gasteiger partial charge in [0.15, 0.2) is 5.65 Å². The van der Waals surface area contributed by atoms with E-state index in [1.54, 1.807) is 6.08 Å². The Bertz CT molecular complexity index is 1280. The van der Waals surface area contributed by atoms with E-state index in [0.717, 1.165) is 50.7 Å². The van der Waals surface area contributed by atoms with Gasteiger partial charge in [-0.1, -0.05) is 68.9 Å². The van der Waals surface area contributed by atoms with Gasteiger partial charge < -0.3 is 16.9 Å². The van der Waals surface area contributed by atoms with Crippen LogP contribution in [0.2, 0.25) is 5.02 Å². The molecule has 0 fully saturated rings. The van der Waals surface area contributed by atoms with Crippen molar-refractivity contribution in [2.75, 3.05) is 11.2 Å². The number of hydrogen-bond donors (Lipinski definition) is 4. The molecule has 0 unspecified atom stereocenters. The summed E-state index contributed by atoms with van der Waals surface area (Å²) in [5.74, 6) is 5.71. The second kappa shape index (κ2) is 12.5. The Kier molecular flexibility index (Phi) is 9.74. The molecule has 2 aromatic heterocycles. The summed E-state index contributed by atoms with van der Waals surface area (Å²) in [5, 5.41) is 0.648. The fourth-order valence-corrected chi connectivity index (χ4v) is 3.76. The number of halogens is 1. The minimum absolute atomic E-state index is 0.625. The van der Waals surface area contributed by atoms with E-state index >= 15 is 0 Å². The summed E-state index contributed by atoms with van der Waals surface area (Å²) in [6.07, 6.45) is 5.65. The minimum Gasteiger partial charge on any atom is -0.405 e. The van der Waals surface area contributed by atoms with E-state index < -0.39 is 0 Å². The Morgan fingerprint density at radius 1 is 1.09 bits per heavy atom. The molecule has 4 rings (SSSR count). The maximum absolute atomic E-state index is 6.55. The first-order valence-corrected chi connectivity index (χ1v) is 11.4. The number of aryl methyl sites for hydroxylation is 1. The van der Waals surface area contributed by atoms with Crippen LogP contribution in [0.15, 0.2) is 74.1 Å². The lowest BCUT2D eigenvalue weighted by atomic mass is 10.1. The number of nitrogens with two attached hydrogens (primary N) is 3. The first kappa shape index (κ1) is 26.5.